The van der Waals surface area contributed by atoms with Gasteiger partial charge < -0.3 is 5.32 Å². The summed E-state index contributed by atoms with van der Waals surface area (Å²) < 4.78 is 0. The maximum atomic E-state index is 4.23. The lowest BCUT2D eigenvalue weighted by atomic mass is 9.80. The van der Waals surface area contributed by atoms with Crippen LogP contribution in [0.1, 0.15) is 45.4 Å². The van der Waals surface area contributed by atoms with E-state index in [1.54, 1.807) is 11.3 Å². The Morgan fingerprint density at radius 1 is 1.45 bits per heavy atom. The number of piperazine rings is 1. The van der Waals surface area contributed by atoms with E-state index in [1.165, 1.54) is 17.7 Å². The fraction of sp³-hybridized carbons (Fsp3) is 0.812. The average molecular weight is 293 g/mol. The van der Waals surface area contributed by atoms with Crippen LogP contribution in [0, 0.1) is 11.3 Å². The minimum atomic E-state index is 0.308. The van der Waals surface area contributed by atoms with Crippen molar-refractivity contribution in [2.24, 2.45) is 11.3 Å². The molecule has 1 saturated heterocycles. The highest BCUT2D eigenvalue weighted by Crippen LogP contribution is 2.43. The standard InChI is InChI=1S/C16H27N3S/c1-15(2,3)14-8-18-16(4,12-5-6-12)10-19(14)9-13-7-17-11-20-13/h7,11-12,14,18H,5-6,8-10H2,1-4H3. The summed E-state index contributed by atoms with van der Waals surface area (Å²) in [7, 11) is 0. The van der Waals surface area contributed by atoms with Gasteiger partial charge in [-0.15, -0.1) is 11.3 Å². The van der Waals surface area contributed by atoms with Gasteiger partial charge in [-0.25, -0.2) is 0 Å². The quantitative estimate of drug-likeness (QED) is 0.928. The predicted molar refractivity (Wildman–Crippen MR) is 84.9 cm³/mol. The third-order valence-electron chi connectivity index (χ3n) is 4.99. The molecule has 3 rings (SSSR count). The van der Waals surface area contributed by atoms with Crippen LogP contribution < -0.4 is 5.32 Å². The molecule has 0 spiro atoms. The summed E-state index contributed by atoms with van der Waals surface area (Å²) in [5, 5.41) is 3.87. The molecule has 0 radical (unpaired) electrons. The maximum absolute atomic E-state index is 4.23. The van der Waals surface area contributed by atoms with Crippen molar-refractivity contribution in [2.75, 3.05) is 13.1 Å². The van der Waals surface area contributed by atoms with E-state index in [4.69, 9.17) is 0 Å². The summed E-state index contributed by atoms with van der Waals surface area (Å²) >= 11 is 1.78. The lowest BCUT2D eigenvalue weighted by Gasteiger charge is -2.51. The van der Waals surface area contributed by atoms with E-state index < -0.39 is 0 Å². The monoisotopic (exact) mass is 293 g/mol. The van der Waals surface area contributed by atoms with Crippen LogP contribution in [0.2, 0.25) is 0 Å². The first-order valence-electron chi connectivity index (χ1n) is 7.75. The van der Waals surface area contributed by atoms with Crippen LogP contribution in [0.5, 0.6) is 0 Å². The van der Waals surface area contributed by atoms with E-state index in [9.17, 15) is 0 Å². The number of nitrogens with one attached hydrogen (secondary N) is 1. The SMILES string of the molecule is CC(C)(C)C1CNC(C)(C2CC2)CN1Cc1cncs1. The van der Waals surface area contributed by atoms with Crippen molar-refractivity contribution in [3.8, 4) is 0 Å². The largest absolute Gasteiger partial charge is 0.308 e. The van der Waals surface area contributed by atoms with Crippen LogP contribution in [0.4, 0.5) is 0 Å². The van der Waals surface area contributed by atoms with Gasteiger partial charge in [0.05, 0.1) is 5.51 Å². The molecule has 1 aromatic heterocycles. The van der Waals surface area contributed by atoms with Crippen LogP contribution in [0.25, 0.3) is 0 Å². The second-order valence-corrected chi connectivity index (χ2v) is 8.80. The number of aromatic nitrogens is 1. The molecule has 0 bridgehead atoms. The van der Waals surface area contributed by atoms with Gasteiger partial charge in [-0.2, -0.15) is 0 Å². The van der Waals surface area contributed by atoms with Gasteiger partial charge in [0, 0.05) is 42.3 Å². The summed E-state index contributed by atoms with van der Waals surface area (Å²) in [4.78, 5) is 8.32. The van der Waals surface area contributed by atoms with E-state index in [0.717, 1.165) is 25.6 Å². The van der Waals surface area contributed by atoms with Crippen molar-refractivity contribution < 1.29 is 0 Å². The molecular formula is C16H27N3S. The summed E-state index contributed by atoms with van der Waals surface area (Å²) in [5.74, 6) is 0.882. The second-order valence-electron chi connectivity index (χ2n) is 7.83. The molecule has 2 heterocycles. The van der Waals surface area contributed by atoms with Crippen LogP contribution >= 0.6 is 11.3 Å². The van der Waals surface area contributed by atoms with Gasteiger partial charge in [0.25, 0.3) is 0 Å². The fourth-order valence-corrected chi connectivity index (χ4v) is 4.20. The molecule has 2 aliphatic rings. The lowest BCUT2D eigenvalue weighted by molar-refractivity contribution is 0.0151. The van der Waals surface area contributed by atoms with Crippen molar-refractivity contribution in [2.45, 2.75) is 58.7 Å². The van der Waals surface area contributed by atoms with E-state index in [2.05, 4.69) is 42.9 Å². The molecule has 0 amide bonds. The second kappa shape index (κ2) is 5.08. The van der Waals surface area contributed by atoms with Gasteiger partial charge in [-0.3, -0.25) is 9.88 Å². The number of hydrogen-bond donors (Lipinski definition) is 1. The van der Waals surface area contributed by atoms with Crippen molar-refractivity contribution in [1.29, 1.82) is 0 Å². The predicted octanol–water partition coefficient (Wildman–Crippen LogP) is 3.13. The Hall–Kier alpha value is -0.450. The molecule has 20 heavy (non-hydrogen) atoms. The molecule has 112 valence electrons. The van der Waals surface area contributed by atoms with Crippen LogP contribution in [-0.4, -0.2) is 34.6 Å². The molecule has 4 heteroatoms. The first-order chi connectivity index (χ1) is 9.38. The van der Waals surface area contributed by atoms with E-state index >= 15 is 0 Å². The van der Waals surface area contributed by atoms with Crippen LogP contribution in [0.15, 0.2) is 11.7 Å². The molecule has 3 nitrogen and oxygen atoms in total. The summed E-state index contributed by atoms with van der Waals surface area (Å²) in [6, 6.07) is 0.594. The molecule has 1 aliphatic heterocycles. The maximum Gasteiger partial charge on any atom is 0.0794 e. The first kappa shape index (κ1) is 14.5. The van der Waals surface area contributed by atoms with Gasteiger partial charge in [-0.05, 0) is 31.1 Å². The highest BCUT2D eigenvalue weighted by molar-refractivity contribution is 7.09. The molecule has 2 unspecified atom stereocenters. The summed E-state index contributed by atoms with van der Waals surface area (Å²) in [5.41, 5.74) is 2.57. The molecule has 0 aromatic carbocycles. The Labute approximate surface area is 126 Å². The van der Waals surface area contributed by atoms with Crippen molar-refractivity contribution >= 4 is 11.3 Å². The van der Waals surface area contributed by atoms with Gasteiger partial charge in [0.1, 0.15) is 0 Å². The van der Waals surface area contributed by atoms with Crippen molar-refractivity contribution in [3.05, 3.63) is 16.6 Å². The summed E-state index contributed by atoms with van der Waals surface area (Å²) in [6.07, 6.45) is 4.83. The molecule has 2 fully saturated rings. The average Bonchev–Trinajstić information content (AvgIpc) is 3.09. The number of nitrogens with zero attached hydrogens (tertiary/aromatic N) is 2. The van der Waals surface area contributed by atoms with Crippen LogP contribution in [0.3, 0.4) is 0 Å². The molecule has 1 aromatic rings. The number of hydrogen-bond acceptors (Lipinski definition) is 4. The zero-order valence-corrected chi connectivity index (χ0v) is 14.0. The Bertz CT molecular complexity index is 447. The lowest BCUT2D eigenvalue weighted by Crippen LogP contribution is -2.66. The minimum Gasteiger partial charge on any atom is -0.308 e. The van der Waals surface area contributed by atoms with Gasteiger partial charge in [0.2, 0.25) is 0 Å². The van der Waals surface area contributed by atoms with Gasteiger partial charge in [0.15, 0.2) is 0 Å². The topological polar surface area (TPSA) is 28.2 Å². The highest BCUT2D eigenvalue weighted by Gasteiger charge is 2.47. The zero-order chi connectivity index (χ0) is 14.4. The Morgan fingerprint density at radius 2 is 2.20 bits per heavy atom. The van der Waals surface area contributed by atoms with E-state index in [1.807, 2.05) is 11.7 Å². The molecule has 2 atom stereocenters. The molecule has 1 aliphatic carbocycles. The molecule has 1 saturated carbocycles. The zero-order valence-electron chi connectivity index (χ0n) is 13.1. The van der Waals surface area contributed by atoms with E-state index in [0.29, 0.717) is 17.0 Å². The van der Waals surface area contributed by atoms with E-state index in [-0.39, 0.29) is 0 Å². The smallest absolute Gasteiger partial charge is 0.0794 e. The third kappa shape index (κ3) is 2.92. The Kier molecular flexibility index (Phi) is 3.68. The first-order valence-corrected chi connectivity index (χ1v) is 8.63. The minimum absolute atomic E-state index is 0.308. The summed E-state index contributed by atoms with van der Waals surface area (Å²) in [6.45, 7) is 12.8. The fourth-order valence-electron chi connectivity index (χ4n) is 3.58. The molecular weight excluding hydrogens is 266 g/mol. The van der Waals surface area contributed by atoms with Crippen LogP contribution in [-0.2, 0) is 6.54 Å². The number of rotatable bonds is 3. The van der Waals surface area contributed by atoms with Gasteiger partial charge in [-0.1, -0.05) is 20.8 Å². The Balaban J connectivity index is 1.78. The van der Waals surface area contributed by atoms with Gasteiger partial charge >= 0.3 is 0 Å². The normalized spacial score (nSPS) is 32.5. The third-order valence-corrected chi connectivity index (χ3v) is 5.76. The molecule has 1 N–H and O–H groups in total. The van der Waals surface area contributed by atoms with Crippen molar-refractivity contribution in [1.82, 2.24) is 15.2 Å². The number of thiazole rings is 1. The Morgan fingerprint density at radius 3 is 2.75 bits per heavy atom. The van der Waals surface area contributed by atoms with Crippen molar-refractivity contribution in [3.63, 3.8) is 0 Å². The highest BCUT2D eigenvalue weighted by atomic mass is 32.1.